The van der Waals surface area contributed by atoms with Gasteiger partial charge in [0.1, 0.15) is 5.82 Å². The summed E-state index contributed by atoms with van der Waals surface area (Å²) in [7, 11) is 1.39. The van der Waals surface area contributed by atoms with Crippen molar-refractivity contribution in [2.24, 2.45) is 0 Å². The molecule has 0 fully saturated rings. The third-order valence-electron chi connectivity index (χ3n) is 2.74. The first kappa shape index (κ1) is 16.8. The molecule has 0 aliphatic carbocycles. The molecule has 0 bridgehead atoms. The van der Waals surface area contributed by atoms with Crippen LogP contribution < -0.4 is 0 Å². The highest BCUT2D eigenvalue weighted by Crippen LogP contribution is 2.32. The second kappa shape index (κ2) is 6.43. The first-order valence-electron chi connectivity index (χ1n) is 5.89. The van der Waals surface area contributed by atoms with E-state index in [4.69, 9.17) is 11.6 Å². The van der Waals surface area contributed by atoms with Gasteiger partial charge in [0, 0.05) is 19.0 Å². The molecule has 2 nitrogen and oxygen atoms in total. The predicted octanol–water partition coefficient (Wildman–Crippen LogP) is 3.93. The fraction of sp³-hybridized carbons (Fsp3) is 0.462. The van der Waals surface area contributed by atoms with E-state index >= 15 is 0 Å². The van der Waals surface area contributed by atoms with Gasteiger partial charge >= 0.3 is 6.18 Å². The predicted molar refractivity (Wildman–Crippen MR) is 68.3 cm³/mol. The lowest BCUT2D eigenvalue weighted by molar-refractivity contribution is -0.140. The zero-order chi connectivity index (χ0) is 15.5. The maximum absolute atomic E-state index is 13.8. The average molecular weight is 312 g/mol. The Kier molecular flexibility index (Phi) is 5.39. The fourth-order valence-corrected chi connectivity index (χ4v) is 1.69. The maximum atomic E-state index is 13.8. The van der Waals surface area contributed by atoms with E-state index in [1.807, 2.05) is 0 Å². The number of alkyl halides is 4. The SMILES string of the molecule is CC(Cl)CCN(C)C(=O)c1cccc(C(F)(F)F)c1F. The summed E-state index contributed by atoms with van der Waals surface area (Å²) in [6, 6.07) is 2.65. The Labute approximate surface area is 119 Å². The normalized spacial score (nSPS) is 13.2. The van der Waals surface area contributed by atoms with E-state index in [1.165, 1.54) is 7.05 Å². The lowest BCUT2D eigenvalue weighted by Crippen LogP contribution is -2.30. The number of carbonyl (C=O) groups excluding carboxylic acids is 1. The molecule has 0 aliphatic heterocycles. The number of nitrogens with zero attached hydrogens (tertiary/aromatic N) is 1. The molecular weight excluding hydrogens is 298 g/mol. The molecule has 0 radical (unpaired) electrons. The highest BCUT2D eigenvalue weighted by Gasteiger charge is 2.36. The number of amides is 1. The Bertz CT molecular complexity index is 488. The summed E-state index contributed by atoms with van der Waals surface area (Å²) in [5, 5.41) is -0.184. The van der Waals surface area contributed by atoms with Crippen LogP contribution in [0.3, 0.4) is 0 Å². The second-order valence-electron chi connectivity index (χ2n) is 4.46. The number of hydrogen-bond acceptors (Lipinski definition) is 1. The Hall–Kier alpha value is -1.30. The number of halogens is 5. The van der Waals surface area contributed by atoms with Crippen LogP contribution in [0.25, 0.3) is 0 Å². The molecule has 1 rings (SSSR count). The van der Waals surface area contributed by atoms with Gasteiger partial charge in [0.05, 0.1) is 11.1 Å². The van der Waals surface area contributed by atoms with Crippen LogP contribution in [0.2, 0.25) is 0 Å². The first-order valence-corrected chi connectivity index (χ1v) is 6.33. The summed E-state index contributed by atoms with van der Waals surface area (Å²) in [5.41, 5.74) is -2.04. The summed E-state index contributed by atoms with van der Waals surface area (Å²) in [5.74, 6) is -2.35. The van der Waals surface area contributed by atoms with Gasteiger partial charge in [-0.25, -0.2) is 4.39 Å². The van der Waals surface area contributed by atoms with Gasteiger partial charge in [-0.15, -0.1) is 11.6 Å². The molecule has 0 aliphatic rings. The van der Waals surface area contributed by atoms with E-state index in [9.17, 15) is 22.4 Å². The van der Waals surface area contributed by atoms with E-state index in [1.54, 1.807) is 6.92 Å². The Morgan fingerprint density at radius 2 is 2.00 bits per heavy atom. The topological polar surface area (TPSA) is 20.3 Å². The zero-order valence-electron chi connectivity index (χ0n) is 11.0. The van der Waals surface area contributed by atoms with Crippen LogP contribution >= 0.6 is 11.6 Å². The van der Waals surface area contributed by atoms with Gasteiger partial charge in [0.2, 0.25) is 0 Å². The maximum Gasteiger partial charge on any atom is 0.419 e. The number of carbonyl (C=O) groups is 1. The lowest BCUT2D eigenvalue weighted by Gasteiger charge is -2.19. The number of hydrogen-bond donors (Lipinski definition) is 0. The standard InChI is InChI=1S/C13H14ClF4NO/c1-8(14)6-7-19(2)12(20)9-4-3-5-10(11(9)15)13(16,17)18/h3-5,8H,6-7H2,1-2H3. The molecular formula is C13H14ClF4NO. The summed E-state index contributed by atoms with van der Waals surface area (Å²) >= 11 is 5.73. The van der Waals surface area contributed by atoms with Crippen LogP contribution in [0, 0.1) is 5.82 Å². The summed E-state index contributed by atoms with van der Waals surface area (Å²) < 4.78 is 51.5. The van der Waals surface area contributed by atoms with E-state index < -0.39 is 29.0 Å². The van der Waals surface area contributed by atoms with Crippen molar-refractivity contribution in [3.8, 4) is 0 Å². The van der Waals surface area contributed by atoms with Crippen LogP contribution in [0.4, 0.5) is 17.6 Å². The van der Waals surface area contributed by atoms with Gasteiger partial charge in [-0.05, 0) is 25.5 Å². The fourth-order valence-electron chi connectivity index (χ4n) is 1.59. The van der Waals surface area contributed by atoms with E-state index in [2.05, 4.69) is 0 Å². The van der Waals surface area contributed by atoms with Gasteiger partial charge in [-0.1, -0.05) is 6.07 Å². The van der Waals surface area contributed by atoms with Gasteiger partial charge in [0.25, 0.3) is 5.91 Å². The first-order chi connectivity index (χ1) is 9.14. The van der Waals surface area contributed by atoms with E-state index in [0.29, 0.717) is 12.5 Å². The minimum absolute atomic E-state index is 0.184. The van der Waals surface area contributed by atoms with Crippen molar-refractivity contribution in [3.63, 3.8) is 0 Å². The Balaban J connectivity index is 3.00. The third kappa shape index (κ3) is 4.10. The lowest BCUT2D eigenvalue weighted by atomic mass is 10.1. The van der Waals surface area contributed by atoms with E-state index in [0.717, 1.165) is 17.0 Å². The van der Waals surface area contributed by atoms with Gasteiger partial charge < -0.3 is 4.90 Å². The van der Waals surface area contributed by atoms with Gasteiger partial charge in [-0.3, -0.25) is 4.79 Å². The second-order valence-corrected chi connectivity index (χ2v) is 5.21. The molecule has 0 spiro atoms. The monoisotopic (exact) mass is 311 g/mol. The molecule has 1 unspecified atom stereocenters. The van der Waals surface area contributed by atoms with Crippen molar-refractivity contribution in [3.05, 3.63) is 35.1 Å². The van der Waals surface area contributed by atoms with Gasteiger partial charge in [-0.2, -0.15) is 13.2 Å². The van der Waals surface area contributed by atoms with Crippen LogP contribution in [0.1, 0.15) is 29.3 Å². The molecule has 1 amide bonds. The Morgan fingerprint density at radius 3 is 2.50 bits per heavy atom. The minimum atomic E-state index is -4.83. The largest absolute Gasteiger partial charge is 0.419 e. The highest BCUT2D eigenvalue weighted by molar-refractivity contribution is 6.20. The Morgan fingerprint density at radius 1 is 1.40 bits per heavy atom. The average Bonchev–Trinajstić information content (AvgIpc) is 2.33. The van der Waals surface area contributed by atoms with Crippen LogP contribution in [-0.4, -0.2) is 29.8 Å². The summed E-state index contributed by atoms with van der Waals surface area (Å²) in [4.78, 5) is 13.1. The smallest absolute Gasteiger partial charge is 0.342 e. The quantitative estimate of drug-likeness (QED) is 0.609. The van der Waals surface area contributed by atoms with E-state index in [-0.39, 0.29) is 11.9 Å². The van der Waals surface area contributed by atoms with Crippen LogP contribution in [0.15, 0.2) is 18.2 Å². The molecule has 20 heavy (non-hydrogen) atoms. The van der Waals surface area contributed by atoms with Crippen molar-refractivity contribution >= 4 is 17.5 Å². The van der Waals surface area contributed by atoms with Crippen molar-refractivity contribution in [1.29, 1.82) is 0 Å². The molecule has 0 saturated carbocycles. The molecule has 1 aromatic rings. The van der Waals surface area contributed by atoms with Crippen molar-refractivity contribution < 1.29 is 22.4 Å². The molecule has 0 heterocycles. The molecule has 1 atom stereocenters. The summed E-state index contributed by atoms with van der Waals surface area (Å²) in [6.07, 6.45) is -4.37. The highest BCUT2D eigenvalue weighted by atomic mass is 35.5. The van der Waals surface area contributed by atoms with Crippen molar-refractivity contribution in [2.75, 3.05) is 13.6 Å². The third-order valence-corrected chi connectivity index (χ3v) is 2.96. The van der Waals surface area contributed by atoms with Gasteiger partial charge in [0.15, 0.2) is 0 Å². The minimum Gasteiger partial charge on any atom is -0.342 e. The molecule has 112 valence electrons. The molecule has 7 heteroatoms. The molecule has 0 saturated heterocycles. The van der Waals surface area contributed by atoms with Crippen molar-refractivity contribution in [2.45, 2.75) is 24.9 Å². The number of rotatable bonds is 4. The number of benzene rings is 1. The molecule has 1 aromatic carbocycles. The summed E-state index contributed by atoms with van der Waals surface area (Å²) in [6.45, 7) is 1.96. The van der Waals surface area contributed by atoms with Crippen LogP contribution in [0.5, 0.6) is 0 Å². The van der Waals surface area contributed by atoms with Crippen LogP contribution in [-0.2, 0) is 6.18 Å². The molecule has 0 aromatic heterocycles. The zero-order valence-corrected chi connectivity index (χ0v) is 11.7. The van der Waals surface area contributed by atoms with Crippen molar-refractivity contribution in [1.82, 2.24) is 4.90 Å². The molecule has 0 N–H and O–H groups in total.